The number of rotatable bonds is 0. The van der Waals surface area contributed by atoms with Crippen molar-refractivity contribution in [2.75, 3.05) is 0 Å². The predicted molar refractivity (Wildman–Crippen MR) is 32.7 cm³/mol. The van der Waals surface area contributed by atoms with Gasteiger partial charge >= 0.3 is 0 Å². The fourth-order valence-corrected chi connectivity index (χ4v) is 0.989. The van der Waals surface area contributed by atoms with Crippen LogP contribution in [0, 0.1) is 5.92 Å². The van der Waals surface area contributed by atoms with Gasteiger partial charge < -0.3 is 0 Å². The van der Waals surface area contributed by atoms with Crippen LogP contribution in [0.3, 0.4) is 0 Å². The van der Waals surface area contributed by atoms with E-state index in [1.165, 1.54) is 0 Å². The van der Waals surface area contributed by atoms with Crippen molar-refractivity contribution in [3.8, 4) is 0 Å². The standard InChI is InChI=1S/C7H10F2/c1-5-3-2-4-6(8)7(5)9/h2-3,5-7H,4H2,1H3. The van der Waals surface area contributed by atoms with Crippen LogP contribution in [0.15, 0.2) is 12.2 Å². The third-order valence-electron chi connectivity index (χ3n) is 1.65. The minimum Gasteiger partial charge on any atom is -0.244 e. The van der Waals surface area contributed by atoms with Gasteiger partial charge in [0.2, 0.25) is 0 Å². The lowest BCUT2D eigenvalue weighted by atomic mass is 9.94. The first kappa shape index (κ1) is 6.72. The third kappa shape index (κ3) is 1.29. The molecule has 3 unspecified atom stereocenters. The van der Waals surface area contributed by atoms with Crippen molar-refractivity contribution in [2.45, 2.75) is 25.7 Å². The van der Waals surface area contributed by atoms with Crippen molar-refractivity contribution in [1.29, 1.82) is 0 Å². The molecule has 1 aliphatic carbocycles. The first-order valence-electron chi connectivity index (χ1n) is 3.16. The molecular formula is C7H10F2. The molecule has 0 nitrogen and oxygen atoms in total. The largest absolute Gasteiger partial charge is 0.244 e. The summed E-state index contributed by atoms with van der Waals surface area (Å²) >= 11 is 0. The summed E-state index contributed by atoms with van der Waals surface area (Å²) in [6.45, 7) is 1.69. The molecule has 0 saturated carbocycles. The zero-order valence-corrected chi connectivity index (χ0v) is 5.35. The van der Waals surface area contributed by atoms with Crippen molar-refractivity contribution < 1.29 is 8.78 Å². The molecule has 0 saturated heterocycles. The van der Waals surface area contributed by atoms with Gasteiger partial charge in [0.1, 0.15) is 12.3 Å². The fraction of sp³-hybridized carbons (Fsp3) is 0.714. The highest BCUT2D eigenvalue weighted by molar-refractivity contribution is 4.99. The van der Waals surface area contributed by atoms with Crippen molar-refractivity contribution in [1.82, 2.24) is 0 Å². The van der Waals surface area contributed by atoms with Crippen LogP contribution in [0.5, 0.6) is 0 Å². The second-order valence-electron chi connectivity index (χ2n) is 2.48. The van der Waals surface area contributed by atoms with E-state index in [-0.39, 0.29) is 12.3 Å². The van der Waals surface area contributed by atoms with Crippen molar-refractivity contribution in [3.63, 3.8) is 0 Å². The number of allylic oxidation sites excluding steroid dienone is 2. The molecule has 52 valence electrons. The average Bonchev–Trinajstić information content (AvgIpc) is 1.83. The van der Waals surface area contributed by atoms with E-state index in [2.05, 4.69) is 0 Å². The molecule has 0 aliphatic heterocycles. The zero-order chi connectivity index (χ0) is 6.85. The molecule has 1 rings (SSSR count). The van der Waals surface area contributed by atoms with Crippen LogP contribution in [0.4, 0.5) is 8.78 Å². The van der Waals surface area contributed by atoms with E-state index in [0.29, 0.717) is 0 Å². The quantitative estimate of drug-likeness (QED) is 0.443. The molecule has 0 amide bonds. The summed E-state index contributed by atoms with van der Waals surface area (Å²) < 4.78 is 24.9. The number of hydrogen-bond acceptors (Lipinski definition) is 0. The number of hydrogen-bond donors (Lipinski definition) is 0. The molecule has 1 aliphatic rings. The van der Waals surface area contributed by atoms with Gasteiger partial charge in [-0.2, -0.15) is 0 Å². The minimum absolute atomic E-state index is 0.242. The lowest BCUT2D eigenvalue weighted by molar-refractivity contribution is 0.129. The lowest BCUT2D eigenvalue weighted by Gasteiger charge is -2.20. The summed E-state index contributed by atoms with van der Waals surface area (Å²) in [6.07, 6.45) is 1.11. The molecule has 0 spiro atoms. The van der Waals surface area contributed by atoms with Crippen LogP contribution in [0.1, 0.15) is 13.3 Å². The van der Waals surface area contributed by atoms with Crippen LogP contribution >= 0.6 is 0 Å². The Morgan fingerprint density at radius 3 is 2.56 bits per heavy atom. The summed E-state index contributed by atoms with van der Waals surface area (Å²) in [6, 6.07) is 0. The molecular weight excluding hydrogens is 122 g/mol. The van der Waals surface area contributed by atoms with Gasteiger partial charge in [-0.3, -0.25) is 0 Å². The Bertz CT molecular complexity index is 120. The summed E-state index contributed by atoms with van der Waals surface area (Å²) in [7, 11) is 0. The molecule has 3 atom stereocenters. The van der Waals surface area contributed by atoms with Gasteiger partial charge in [-0.15, -0.1) is 0 Å². The van der Waals surface area contributed by atoms with E-state index in [9.17, 15) is 8.78 Å². The highest BCUT2D eigenvalue weighted by atomic mass is 19.2. The first-order valence-corrected chi connectivity index (χ1v) is 3.16. The first-order chi connectivity index (χ1) is 4.22. The third-order valence-corrected chi connectivity index (χ3v) is 1.65. The molecule has 0 fully saturated rings. The SMILES string of the molecule is CC1C=CCC(F)C1F. The van der Waals surface area contributed by atoms with Crippen LogP contribution in [-0.4, -0.2) is 12.3 Å². The molecule has 9 heavy (non-hydrogen) atoms. The normalized spacial score (nSPS) is 43.2. The Kier molecular flexibility index (Phi) is 1.84. The highest BCUT2D eigenvalue weighted by Crippen LogP contribution is 2.23. The van der Waals surface area contributed by atoms with E-state index in [0.717, 1.165) is 0 Å². The lowest BCUT2D eigenvalue weighted by Crippen LogP contribution is -2.25. The molecule has 0 heterocycles. The summed E-state index contributed by atoms with van der Waals surface area (Å²) in [5, 5.41) is 0. The van der Waals surface area contributed by atoms with Gasteiger partial charge in [0.15, 0.2) is 0 Å². The van der Waals surface area contributed by atoms with Crippen LogP contribution in [0.2, 0.25) is 0 Å². The van der Waals surface area contributed by atoms with Gasteiger partial charge in [0, 0.05) is 5.92 Å². The van der Waals surface area contributed by atoms with E-state index in [4.69, 9.17) is 0 Å². The van der Waals surface area contributed by atoms with E-state index >= 15 is 0 Å². The van der Waals surface area contributed by atoms with Crippen LogP contribution < -0.4 is 0 Å². The second-order valence-corrected chi connectivity index (χ2v) is 2.48. The number of halogens is 2. The van der Waals surface area contributed by atoms with E-state index in [1.54, 1.807) is 19.1 Å². The predicted octanol–water partition coefficient (Wildman–Crippen LogP) is 2.26. The molecule has 0 N–H and O–H groups in total. The fourth-order valence-electron chi connectivity index (χ4n) is 0.989. The maximum atomic E-state index is 12.5. The average molecular weight is 132 g/mol. The second kappa shape index (κ2) is 2.46. The maximum Gasteiger partial charge on any atom is 0.137 e. The van der Waals surface area contributed by atoms with Crippen molar-refractivity contribution >= 4 is 0 Å². The van der Waals surface area contributed by atoms with Crippen molar-refractivity contribution in [3.05, 3.63) is 12.2 Å². The van der Waals surface area contributed by atoms with Gasteiger partial charge in [-0.05, 0) is 6.42 Å². The molecule has 0 aromatic carbocycles. The van der Waals surface area contributed by atoms with Gasteiger partial charge in [-0.25, -0.2) is 8.78 Å². The van der Waals surface area contributed by atoms with E-state index in [1.807, 2.05) is 0 Å². The summed E-state index contributed by atoms with van der Waals surface area (Å²) in [5.74, 6) is -0.242. The topological polar surface area (TPSA) is 0 Å². The smallest absolute Gasteiger partial charge is 0.137 e. The van der Waals surface area contributed by atoms with Crippen LogP contribution in [-0.2, 0) is 0 Å². The summed E-state index contributed by atoms with van der Waals surface area (Å²) in [4.78, 5) is 0. The Balaban J connectivity index is 2.58. The van der Waals surface area contributed by atoms with Gasteiger partial charge in [0.05, 0.1) is 0 Å². The Morgan fingerprint density at radius 2 is 2.11 bits per heavy atom. The minimum atomic E-state index is -1.28. The molecule has 0 radical (unpaired) electrons. The van der Waals surface area contributed by atoms with Gasteiger partial charge in [-0.1, -0.05) is 19.1 Å². The molecule has 0 aromatic heterocycles. The van der Waals surface area contributed by atoms with E-state index < -0.39 is 12.3 Å². The number of alkyl halides is 2. The molecule has 0 bridgehead atoms. The monoisotopic (exact) mass is 132 g/mol. The highest BCUT2D eigenvalue weighted by Gasteiger charge is 2.26. The maximum absolute atomic E-state index is 12.5. The zero-order valence-electron chi connectivity index (χ0n) is 5.35. The molecule has 2 heteroatoms. The Labute approximate surface area is 53.6 Å². The Morgan fingerprint density at radius 1 is 1.44 bits per heavy atom. The molecule has 0 aromatic rings. The van der Waals surface area contributed by atoms with Crippen molar-refractivity contribution in [2.24, 2.45) is 5.92 Å². The summed E-state index contributed by atoms with van der Waals surface area (Å²) in [5.41, 5.74) is 0. The van der Waals surface area contributed by atoms with Crippen LogP contribution in [0.25, 0.3) is 0 Å². The van der Waals surface area contributed by atoms with Gasteiger partial charge in [0.25, 0.3) is 0 Å². The Hall–Kier alpha value is -0.400.